The van der Waals surface area contributed by atoms with E-state index in [1.807, 2.05) is 23.1 Å². The van der Waals surface area contributed by atoms with Gasteiger partial charge in [-0.15, -0.1) is 11.3 Å². The second-order valence-electron chi connectivity index (χ2n) is 11.2. The number of nitrogens with zero attached hydrogens (tertiary/aromatic N) is 3. The molecule has 2 fully saturated rings. The van der Waals surface area contributed by atoms with Gasteiger partial charge < -0.3 is 24.3 Å². The Morgan fingerprint density at radius 1 is 1.10 bits per heavy atom. The predicted octanol–water partition coefficient (Wildman–Crippen LogP) is 4.73. The van der Waals surface area contributed by atoms with Gasteiger partial charge >= 0.3 is 0 Å². The fourth-order valence-electron chi connectivity index (χ4n) is 6.19. The Hall–Kier alpha value is -3.14. The third-order valence-electron chi connectivity index (χ3n) is 8.28. The van der Waals surface area contributed by atoms with E-state index in [-0.39, 0.29) is 17.4 Å². The molecule has 0 spiro atoms. The van der Waals surface area contributed by atoms with Gasteiger partial charge in [-0.05, 0) is 68.3 Å². The number of carbonyl (C=O) groups is 2. The molecular formula is C30H36N4O4S. The summed E-state index contributed by atoms with van der Waals surface area (Å²) in [5.74, 6) is 0.668. The number of hydrogen-bond acceptors (Lipinski definition) is 6. The van der Waals surface area contributed by atoms with Gasteiger partial charge in [-0.2, -0.15) is 0 Å². The Kier molecular flexibility index (Phi) is 6.99. The molecule has 1 N–H and O–H groups in total. The summed E-state index contributed by atoms with van der Waals surface area (Å²) in [6, 6.07) is 10.3. The second kappa shape index (κ2) is 10.4. The van der Waals surface area contributed by atoms with Gasteiger partial charge in [-0.25, -0.2) is 0 Å². The standard InChI is InChI=1S/C30H36N4O4S/c1-30(2)8-5-9-34(30)29(36)24-18-22(26-6-4-15-39-26)28-21-17-23(25(37-3)16-20(21)7-10-33(24)28)31-27(35)19-32-11-13-38-14-12-32/h4,6,15-18H,5,7-14,19H2,1-3H3,(H,31,35). The number of carbonyl (C=O) groups excluding carboxylic acids is 2. The van der Waals surface area contributed by atoms with Crippen molar-refractivity contribution in [1.29, 1.82) is 0 Å². The Labute approximate surface area is 233 Å². The number of anilines is 1. The summed E-state index contributed by atoms with van der Waals surface area (Å²) in [6.07, 6.45) is 2.82. The largest absolute Gasteiger partial charge is 0.495 e. The van der Waals surface area contributed by atoms with Gasteiger partial charge in [0, 0.05) is 47.7 Å². The number of aromatic nitrogens is 1. The number of likely N-dealkylation sites (tertiary alicyclic amines) is 1. The fourth-order valence-corrected chi connectivity index (χ4v) is 6.93. The van der Waals surface area contributed by atoms with E-state index < -0.39 is 0 Å². The van der Waals surface area contributed by atoms with Gasteiger partial charge in [-0.1, -0.05) is 6.07 Å². The number of rotatable bonds is 6. The van der Waals surface area contributed by atoms with Crippen LogP contribution in [0.2, 0.25) is 0 Å². The van der Waals surface area contributed by atoms with Crippen LogP contribution in [0.5, 0.6) is 5.75 Å². The first-order valence-corrected chi connectivity index (χ1v) is 14.6. The minimum absolute atomic E-state index is 0.0769. The molecule has 6 rings (SSSR count). The van der Waals surface area contributed by atoms with Crippen LogP contribution in [0.15, 0.2) is 35.7 Å². The van der Waals surface area contributed by atoms with Crippen molar-refractivity contribution in [3.8, 4) is 27.4 Å². The van der Waals surface area contributed by atoms with Crippen molar-refractivity contribution < 1.29 is 19.1 Å². The van der Waals surface area contributed by atoms with Crippen LogP contribution >= 0.6 is 11.3 Å². The lowest BCUT2D eigenvalue weighted by Crippen LogP contribution is -2.43. The van der Waals surface area contributed by atoms with E-state index >= 15 is 0 Å². The Morgan fingerprint density at radius 3 is 2.62 bits per heavy atom. The van der Waals surface area contributed by atoms with Gasteiger partial charge in [0.05, 0.1) is 38.2 Å². The summed E-state index contributed by atoms with van der Waals surface area (Å²) < 4.78 is 13.3. The van der Waals surface area contributed by atoms with Gasteiger partial charge in [0.25, 0.3) is 5.91 Å². The number of nitrogens with one attached hydrogen (secondary N) is 1. The van der Waals surface area contributed by atoms with Gasteiger partial charge in [0.15, 0.2) is 0 Å². The van der Waals surface area contributed by atoms with Crippen LogP contribution in [0.1, 0.15) is 42.7 Å². The highest BCUT2D eigenvalue weighted by atomic mass is 32.1. The van der Waals surface area contributed by atoms with Crippen molar-refractivity contribution in [1.82, 2.24) is 14.4 Å². The molecule has 0 radical (unpaired) electrons. The Bertz CT molecular complexity index is 1390. The van der Waals surface area contributed by atoms with Crippen molar-refractivity contribution in [2.24, 2.45) is 0 Å². The maximum Gasteiger partial charge on any atom is 0.270 e. The third-order valence-corrected chi connectivity index (χ3v) is 9.18. The van der Waals surface area contributed by atoms with Crippen LogP contribution in [-0.4, -0.2) is 78.2 Å². The fraction of sp³-hybridized carbons (Fsp3) is 0.467. The van der Waals surface area contributed by atoms with E-state index in [0.717, 1.165) is 78.4 Å². The molecular weight excluding hydrogens is 512 g/mol. The average Bonchev–Trinajstić information content (AvgIpc) is 3.66. The number of benzene rings is 1. The molecule has 8 nitrogen and oxygen atoms in total. The molecule has 2 aromatic heterocycles. The first-order chi connectivity index (χ1) is 18.9. The normalized spacial score (nSPS) is 18.5. The lowest BCUT2D eigenvalue weighted by Gasteiger charge is -2.32. The number of amides is 2. The summed E-state index contributed by atoms with van der Waals surface area (Å²) in [6.45, 7) is 8.92. The number of ether oxygens (including phenoxy) is 2. The van der Waals surface area contributed by atoms with E-state index in [4.69, 9.17) is 9.47 Å². The number of hydrogen-bond donors (Lipinski definition) is 1. The molecule has 3 aliphatic heterocycles. The summed E-state index contributed by atoms with van der Waals surface area (Å²) in [5, 5.41) is 5.17. The van der Waals surface area contributed by atoms with E-state index in [9.17, 15) is 9.59 Å². The lowest BCUT2D eigenvalue weighted by molar-refractivity contribution is -0.118. The Morgan fingerprint density at radius 2 is 1.92 bits per heavy atom. The smallest absolute Gasteiger partial charge is 0.270 e. The van der Waals surface area contributed by atoms with Gasteiger partial charge in [0.2, 0.25) is 5.91 Å². The summed E-state index contributed by atoms with van der Waals surface area (Å²) in [7, 11) is 1.64. The number of methoxy groups -OCH3 is 1. The van der Waals surface area contributed by atoms with Gasteiger partial charge in [-0.3, -0.25) is 14.5 Å². The minimum Gasteiger partial charge on any atom is -0.495 e. The zero-order chi connectivity index (χ0) is 27.1. The molecule has 206 valence electrons. The molecule has 3 aliphatic rings. The molecule has 0 bridgehead atoms. The van der Waals surface area contributed by atoms with Crippen LogP contribution in [0, 0.1) is 0 Å². The number of fused-ring (bicyclic) bond motifs is 3. The van der Waals surface area contributed by atoms with E-state index in [1.165, 1.54) is 0 Å². The van der Waals surface area contributed by atoms with Crippen molar-refractivity contribution in [3.63, 3.8) is 0 Å². The van der Waals surface area contributed by atoms with Crippen LogP contribution < -0.4 is 10.1 Å². The molecule has 0 aliphatic carbocycles. The van der Waals surface area contributed by atoms with E-state index in [1.54, 1.807) is 18.4 Å². The van der Waals surface area contributed by atoms with Crippen LogP contribution in [-0.2, 0) is 22.5 Å². The summed E-state index contributed by atoms with van der Waals surface area (Å²) in [5.41, 5.74) is 5.52. The maximum absolute atomic E-state index is 13.9. The van der Waals surface area contributed by atoms with Crippen molar-refractivity contribution >= 4 is 28.8 Å². The molecule has 2 saturated heterocycles. The molecule has 5 heterocycles. The molecule has 39 heavy (non-hydrogen) atoms. The zero-order valence-electron chi connectivity index (χ0n) is 22.9. The van der Waals surface area contributed by atoms with Crippen molar-refractivity contribution in [2.75, 3.05) is 51.8 Å². The maximum atomic E-state index is 13.9. The second-order valence-corrected chi connectivity index (χ2v) is 12.1. The molecule has 0 unspecified atom stereocenters. The summed E-state index contributed by atoms with van der Waals surface area (Å²) in [4.78, 5) is 32.2. The monoisotopic (exact) mass is 548 g/mol. The number of aryl methyl sites for hydroxylation is 1. The average molecular weight is 549 g/mol. The molecule has 9 heteroatoms. The van der Waals surface area contributed by atoms with Crippen LogP contribution in [0.4, 0.5) is 5.69 Å². The quantitative estimate of drug-likeness (QED) is 0.482. The zero-order valence-corrected chi connectivity index (χ0v) is 23.7. The molecule has 0 atom stereocenters. The van der Waals surface area contributed by atoms with Gasteiger partial charge in [0.1, 0.15) is 11.4 Å². The Balaban J connectivity index is 1.40. The SMILES string of the molecule is COc1cc2c(cc1NC(=O)CN1CCOCC1)-c1c(-c3cccs3)cc(C(=O)N3CCCC3(C)C)n1CC2. The van der Waals surface area contributed by atoms with Crippen molar-refractivity contribution in [3.05, 3.63) is 47.0 Å². The molecule has 1 aromatic carbocycles. The highest BCUT2D eigenvalue weighted by molar-refractivity contribution is 7.13. The van der Waals surface area contributed by atoms with Crippen LogP contribution in [0.3, 0.4) is 0 Å². The minimum atomic E-state index is -0.150. The molecule has 0 saturated carbocycles. The first-order valence-electron chi connectivity index (χ1n) is 13.8. The molecule has 3 aromatic rings. The molecule has 2 amide bonds. The topological polar surface area (TPSA) is 76.0 Å². The van der Waals surface area contributed by atoms with Crippen LogP contribution in [0.25, 0.3) is 21.7 Å². The van der Waals surface area contributed by atoms with E-state index in [2.05, 4.69) is 46.1 Å². The lowest BCUT2D eigenvalue weighted by atomic mass is 9.94. The highest BCUT2D eigenvalue weighted by Crippen LogP contribution is 2.45. The predicted molar refractivity (Wildman–Crippen MR) is 154 cm³/mol. The highest BCUT2D eigenvalue weighted by Gasteiger charge is 2.38. The van der Waals surface area contributed by atoms with Crippen molar-refractivity contribution in [2.45, 2.75) is 45.2 Å². The number of thiophene rings is 1. The first kappa shape index (κ1) is 26.1. The third kappa shape index (κ3) is 4.88. The van der Waals surface area contributed by atoms with E-state index in [0.29, 0.717) is 31.2 Å². The summed E-state index contributed by atoms with van der Waals surface area (Å²) >= 11 is 1.67. The number of morpholine rings is 1.